The Morgan fingerprint density at radius 3 is 2.32 bits per heavy atom. The van der Waals surface area contributed by atoms with Crippen LogP contribution in [0.4, 0.5) is 0 Å². The lowest BCUT2D eigenvalue weighted by atomic mass is 10.0. The van der Waals surface area contributed by atoms with E-state index in [9.17, 15) is 9.59 Å². The Balaban J connectivity index is 1.94. The molecule has 0 saturated heterocycles. The topological polar surface area (TPSA) is 46.6 Å². The number of thiophene rings is 1. The van der Waals surface area contributed by atoms with Gasteiger partial charge in [-0.1, -0.05) is 12.1 Å². The Morgan fingerprint density at radius 2 is 1.80 bits per heavy atom. The third kappa shape index (κ3) is 4.69. The van der Waals surface area contributed by atoms with Gasteiger partial charge in [0.15, 0.2) is 5.78 Å². The van der Waals surface area contributed by atoms with E-state index in [4.69, 9.17) is 4.74 Å². The second-order valence-corrected chi connectivity index (χ2v) is 7.66. The van der Waals surface area contributed by atoms with Gasteiger partial charge in [-0.05, 0) is 44.5 Å². The highest BCUT2D eigenvalue weighted by atomic mass is 32.1. The second-order valence-electron chi connectivity index (χ2n) is 6.20. The Kier molecular flexibility index (Phi) is 6.37. The number of carbonyl (C=O) groups excluding carboxylic acids is 2. The van der Waals surface area contributed by atoms with Crippen LogP contribution in [-0.2, 0) is 4.79 Å². The number of ketones is 1. The number of nitrogens with zero attached hydrogens (tertiary/aromatic N) is 1. The third-order valence-electron chi connectivity index (χ3n) is 4.48. The molecule has 1 aromatic carbocycles. The van der Waals surface area contributed by atoms with Crippen molar-refractivity contribution in [2.45, 2.75) is 39.7 Å². The fraction of sp³-hybridized carbons (Fsp3) is 0.400. The molecule has 0 radical (unpaired) electrons. The van der Waals surface area contributed by atoms with Crippen LogP contribution in [-0.4, -0.2) is 30.7 Å². The molecule has 2 rings (SSSR count). The van der Waals surface area contributed by atoms with Gasteiger partial charge in [-0.25, -0.2) is 0 Å². The minimum Gasteiger partial charge on any atom is -0.497 e. The number of Topliss-reactive ketones (excluding diaryl/α,β-unsaturated/α-hetero) is 1. The molecule has 0 aliphatic rings. The Labute approximate surface area is 153 Å². The molecule has 0 aliphatic carbocycles. The van der Waals surface area contributed by atoms with Crippen LogP contribution in [0.2, 0.25) is 0 Å². The van der Waals surface area contributed by atoms with Crippen LogP contribution in [0.15, 0.2) is 30.3 Å². The maximum absolute atomic E-state index is 12.5. The molecule has 1 aromatic heterocycles. The molecular weight excluding hydrogens is 334 g/mol. The van der Waals surface area contributed by atoms with Crippen LogP contribution < -0.4 is 4.74 Å². The predicted molar refractivity (Wildman–Crippen MR) is 102 cm³/mol. The van der Waals surface area contributed by atoms with Gasteiger partial charge in [-0.2, -0.15) is 0 Å². The molecule has 0 saturated carbocycles. The maximum Gasteiger partial charge on any atom is 0.223 e. The molecule has 0 N–H and O–H groups in total. The molecule has 5 heteroatoms. The van der Waals surface area contributed by atoms with Crippen molar-refractivity contribution in [3.63, 3.8) is 0 Å². The van der Waals surface area contributed by atoms with E-state index in [1.54, 1.807) is 30.4 Å². The highest BCUT2D eigenvalue weighted by Gasteiger charge is 2.19. The summed E-state index contributed by atoms with van der Waals surface area (Å²) in [5.41, 5.74) is 1.79. The highest BCUT2D eigenvalue weighted by molar-refractivity contribution is 7.12. The zero-order chi connectivity index (χ0) is 18.6. The number of hydrogen-bond acceptors (Lipinski definition) is 4. The SMILES string of the molecule is COc1ccc(C(C)N(C)C(=O)CCC(=O)c2cc(C)sc2C)cc1. The lowest BCUT2D eigenvalue weighted by Crippen LogP contribution is -2.29. The standard InChI is InChI=1S/C20H25NO3S/c1-13-12-18(15(3)25-13)19(22)10-11-20(23)21(4)14(2)16-6-8-17(24-5)9-7-16/h6-9,12,14H,10-11H2,1-5H3. The molecule has 1 amide bonds. The predicted octanol–water partition coefficient (Wildman–Crippen LogP) is 4.56. The van der Waals surface area contributed by atoms with Crippen LogP contribution in [0, 0.1) is 13.8 Å². The highest BCUT2D eigenvalue weighted by Crippen LogP contribution is 2.24. The van der Waals surface area contributed by atoms with E-state index in [1.807, 2.05) is 51.1 Å². The van der Waals surface area contributed by atoms with Crippen molar-refractivity contribution in [3.8, 4) is 5.75 Å². The summed E-state index contributed by atoms with van der Waals surface area (Å²) in [6.45, 7) is 5.92. The molecule has 25 heavy (non-hydrogen) atoms. The monoisotopic (exact) mass is 359 g/mol. The summed E-state index contributed by atoms with van der Waals surface area (Å²) in [5, 5.41) is 0. The summed E-state index contributed by atoms with van der Waals surface area (Å²) < 4.78 is 5.16. The summed E-state index contributed by atoms with van der Waals surface area (Å²) >= 11 is 1.62. The van der Waals surface area contributed by atoms with Gasteiger partial charge in [0, 0.05) is 35.2 Å². The van der Waals surface area contributed by atoms with Gasteiger partial charge in [-0.3, -0.25) is 9.59 Å². The van der Waals surface area contributed by atoms with Crippen LogP contribution in [0.1, 0.15) is 51.5 Å². The van der Waals surface area contributed by atoms with Gasteiger partial charge in [0.2, 0.25) is 5.91 Å². The molecule has 1 unspecified atom stereocenters. The Hall–Kier alpha value is -2.14. The van der Waals surface area contributed by atoms with Crippen molar-refractivity contribution in [3.05, 3.63) is 51.2 Å². The molecule has 134 valence electrons. The zero-order valence-corrected chi connectivity index (χ0v) is 16.3. The fourth-order valence-electron chi connectivity index (χ4n) is 2.76. The van der Waals surface area contributed by atoms with E-state index in [1.165, 1.54) is 0 Å². The van der Waals surface area contributed by atoms with Gasteiger partial charge in [-0.15, -0.1) is 11.3 Å². The number of carbonyl (C=O) groups is 2. The molecule has 0 aliphatic heterocycles. The molecular formula is C20H25NO3S. The first-order chi connectivity index (χ1) is 11.8. The molecule has 0 spiro atoms. The molecule has 0 bridgehead atoms. The largest absolute Gasteiger partial charge is 0.497 e. The number of amides is 1. The first-order valence-corrected chi connectivity index (χ1v) is 9.15. The Bertz CT molecular complexity index is 749. The van der Waals surface area contributed by atoms with E-state index < -0.39 is 0 Å². The van der Waals surface area contributed by atoms with Crippen LogP contribution in [0.3, 0.4) is 0 Å². The van der Waals surface area contributed by atoms with E-state index in [-0.39, 0.29) is 30.6 Å². The number of hydrogen-bond donors (Lipinski definition) is 0. The normalized spacial score (nSPS) is 11.9. The summed E-state index contributed by atoms with van der Waals surface area (Å²) in [7, 11) is 3.41. The first-order valence-electron chi connectivity index (χ1n) is 8.33. The average Bonchev–Trinajstić information content (AvgIpc) is 2.96. The van der Waals surface area contributed by atoms with Crippen molar-refractivity contribution in [2.24, 2.45) is 0 Å². The van der Waals surface area contributed by atoms with E-state index in [0.29, 0.717) is 0 Å². The number of rotatable bonds is 7. The molecule has 4 nitrogen and oxygen atoms in total. The van der Waals surface area contributed by atoms with Crippen molar-refractivity contribution in [1.82, 2.24) is 4.90 Å². The minimum atomic E-state index is -0.0568. The Morgan fingerprint density at radius 1 is 1.16 bits per heavy atom. The number of methoxy groups -OCH3 is 1. The van der Waals surface area contributed by atoms with E-state index >= 15 is 0 Å². The number of aryl methyl sites for hydroxylation is 2. The molecule has 2 aromatic rings. The quantitative estimate of drug-likeness (QED) is 0.681. The van der Waals surface area contributed by atoms with Crippen LogP contribution in [0.5, 0.6) is 5.75 Å². The van der Waals surface area contributed by atoms with E-state index in [2.05, 4.69) is 0 Å². The fourth-order valence-corrected chi connectivity index (χ4v) is 3.70. The van der Waals surface area contributed by atoms with Crippen molar-refractivity contribution in [1.29, 1.82) is 0 Å². The van der Waals surface area contributed by atoms with Crippen molar-refractivity contribution >= 4 is 23.0 Å². The van der Waals surface area contributed by atoms with Gasteiger partial charge in [0.05, 0.1) is 13.2 Å². The second kappa shape index (κ2) is 8.30. The van der Waals surface area contributed by atoms with Crippen molar-refractivity contribution < 1.29 is 14.3 Å². The minimum absolute atomic E-state index is 0.0266. The maximum atomic E-state index is 12.5. The molecule has 1 atom stereocenters. The van der Waals surface area contributed by atoms with Gasteiger partial charge < -0.3 is 9.64 Å². The summed E-state index contributed by atoms with van der Waals surface area (Å²) in [4.78, 5) is 28.6. The summed E-state index contributed by atoms with van der Waals surface area (Å²) in [5.74, 6) is 0.805. The summed E-state index contributed by atoms with van der Waals surface area (Å²) in [6, 6.07) is 9.53. The average molecular weight is 359 g/mol. The van der Waals surface area contributed by atoms with Gasteiger partial charge in [0.1, 0.15) is 5.75 Å². The van der Waals surface area contributed by atoms with Gasteiger partial charge in [0.25, 0.3) is 0 Å². The van der Waals surface area contributed by atoms with E-state index in [0.717, 1.165) is 26.6 Å². The van der Waals surface area contributed by atoms with Crippen molar-refractivity contribution in [2.75, 3.05) is 14.2 Å². The number of ether oxygens (including phenoxy) is 1. The first kappa shape index (κ1) is 19.2. The third-order valence-corrected chi connectivity index (χ3v) is 5.45. The molecule has 1 heterocycles. The number of benzene rings is 1. The lowest BCUT2D eigenvalue weighted by molar-refractivity contribution is -0.131. The zero-order valence-electron chi connectivity index (χ0n) is 15.5. The lowest BCUT2D eigenvalue weighted by Gasteiger charge is -2.25. The summed E-state index contributed by atoms with van der Waals surface area (Å²) in [6.07, 6.45) is 0.472. The van der Waals surface area contributed by atoms with Gasteiger partial charge >= 0.3 is 0 Å². The molecule has 0 fully saturated rings. The smallest absolute Gasteiger partial charge is 0.223 e. The van der Waals surface area contributed by atoms with Crippen LogP contribution >= 0.6 is 11.3 Å². The van der Waals surface area contributed by atoms with Crippen LogP contribution in [0.25, 0.3) is 0 Å².